The molecular weight excluding hydrogens is 337 g/mol. The van der Waals surface area contributed by atoms with E-state index in [1.54, 1.807) is 30.3 Å². The molecule has 0 aromatic heterocycles. The molecule has 2 aromatic rings. The Bertz CT molecular complexity index is 941. The molecule has 24 heavy (non-hydrogen) atoms. The van der Waals surface area contributed by atoms with Crippen molar-refractivity contribution in [2.45, 2.75) is 6.42 Å². The summed E-state index contributed by atoms with van der Waals surface area (Å²) in [6, 6.07) is 10.2. The molecule has 0 spiro atoms. The topological polar surface area (TPSA) is 91.8 Å². The Morgan fingerprint density at radius 1 is 1.25 bits per heavy atom. The van der Waals surface area contributed by atoms with E-state index in [0.717, 1.165) is 5.39 Å². The third-order valence-electron chi connectivity index (χ3n) is 4.03. The fourth-order valence-electron chi connectivity index (χ4n) is 3.03. The summed E-state index contributed by atoms with van der Waals surface area (Å²) in [5.41, 5.74) is 0.149. The molecule has 0 radical (unpaired) electrons. The van der Waals surface area contributed by atoms with Crippen LogP contribution in [0.25, 0.3) is 10.8 Å². The number of aromatic carboxylic acids is 1. The summed E-state index contributed by atoms with van der Waals surface area (Å²) in [7, 11) is -4.69. The number of carboxylic acids is 1. The van der Waals surface area contributed by atoms with Crippen LogP contribution in [-0.2, 0) is 15.0 Å². The fraction of sp³-hybridized carbons (Fsp3) is 0.250. The molecule has 8 heteroatoms. The van der Waals surface area contributed by atoms with Crippen molar-refractivity contribution in [2.24, 2.45) is 5.92 Å². The predicted molar refractivity (Wildman–Crippen MR) is 86.3 cm³/mol. The third-order valence-corrected chi connectivity index (χ3v) is 4.89. The van der Waals surface area contributed by atoms with Crippen molar-refractivity contribution >= 4 is 38.6 Å². The van der Waals surface area contributed by atoms with Crippen LogP contribution in [0.1, 0.15) is 16.8 Å². The van der Waals surface area contributed by atoms with Crippen LogP contribution in [0.15, 0.2) is 36.4 Å². The Kier molecular flexibility index (Phi) is 4.00. The maximum absolute atomic E-state index is 12.9. The van der Waals surface area contributed by atoms with E-state index < -0.39 is 33.8 Å². The fourth-order valence-corrected chi connectivity index (χ4v) is 3.82. The molecule has 6 nitrogen and oxygen atoms in total. The number of hydrogen-bond donors (Lipinski definition) is 1. The lowest BCUT2D eigenvalue weighted by atomic mass is 10.0. The molecule has 0 aliphatic carbocycles. The quantitative estimate of drug-likeness (QED) is 0.853. The van der Waals surface area contributed by atoms with Crippen molar-refractivity contribution in [1.82, 2.24) is 0 Å². The summed E-state index contributed by atoms with van der Waals surface area (Å²) in [6.45, 7) is -0.0272. The first kappa shape index (κ1) is 16.4. The van der Waals surface area contributed by atoms with Crippen molar-refractivity contribution in [3.05, 3.63) is 42.0 Å². The van der Waals surface area contributed by atoms with Gasteiger partial charge in [0.05, 0.1) is 17.0 Å². The number of fused-ring (bicyclic) bond motifs is 1. The molecule has 0 saturated carbocycles. The van der Waals surface area contributed by atoms with Gasteiger partial charge >= 0.3 is 16.2 Å². The van der Waals surface area contributed by atoms with Gasteiger partial charge in [-0.1, -0.05) is 24.3 Å². The Morgan fingerprint density at radius 2 is 1.88 bits per heavy atom. The van der Waals surface area contributed by atoms with E-state index in [0.29, 0.717) is 5.39 Å². The zero-order valence-corrected chi connectivity index (χ0v) is 13.3. The van der Waals surface area contributed by atoms with Gasteiger partial charge in [0.1, 0.15) is 0 Å². The van der Waals surface area contributed by atoms with Gasteiger partial charge in [0.2, 0.25) is 5.91 Å². The normalized spacial score (nSPS) is 18.3. The predicted octanol–water partition coefficient (Wildman–Crippen LogP) is 2.19. The standard InChI is InChI=1S/C16H14FNO5S/c17-24(22,23)9-10-5-15(19)18(8-10)14-7-12-4-2-1-3-11(12)6-13(14)16(20)21/h1-4,6-7,10H,5,8-9H2,(H,20,21). The van der Waals surface area contributed by atoms with Gasteiger partial charge in [-0.3, -0.25) is 4.79 Å². The summed E-state index contributed by atoms with van der Waals surface area (Å²) in [5, 5.41) is 10.9. The molecule has 2 aromatic carbocycles. The number of hydrogen-bond acceptors (Lipinski definition) is 4. The van der Waals surface area contributed by atoms with Gasteiger partial charge in [0, 0.05) is 18.9 Å². The van der Waals surface area contributed by atoms with Gasteiger partial charge in [0.25, 0.3) is 0 Å². The second-order valence-corrected chi connectivity index (χ2v) is 7.21. The summed E-state index contributed by atoms with van der Waals surface area (Å²) in [4.78, 5) is 25.0. The van der Waals surface area contributed by atoms with E-state index in [-0.39, 0.29) is 24.2 Å². The SMILES string of the molecule is O=C(O)c1cc2ccccc2cc1N1CC(CS(=O)(=O)F)CC1=O. The van der Waals surface area contributed by atoms with Crippen LogP contribution in [0.4, 0.5) is 9.57 Å². The van der Waals surface area contributed by atoms with Gasteiger partial charge in [-0.05, 0) is 22.9 Å². The second kappa shape index (κ2) is 5.86. The minimum atomic E-state index is -4.69. The molecule has 1 unspecified atom stereocenters. The maximum Gasteiger partial charge on any atom is 0.337 e. The van der Waals surface area contributed by atoms with Crippen LogP contribution in [0, 0.1) is 5.92 Å². The summed E-state index contributed by atoms with van der Waals surface area (Å²) in [5.74, 6) is -3.04. The van der Waals surface area contributed by atoms with E-state index in [1.165, 1.54) is 11.0 Å². The Morgan fingerprint density at radius 3 is 2.46 bits per heavy atom. The Labute approximate surface area is 137 Å². The van der Waals surface area contributed by atoms with Crippen LogP contribution < -0.4 is 4.90 Å². The van der Waals surface area contributed by atoms with Crippen molar-refractivity contribution in [1.29, 1.82) is 0 Å². The van der Waals surface area contributed by atoms with Crippen molar-refractivity contribution in [3.8, 4) is 0 Å². The highest BCUT2D eigenvalue weighted by Gasteiger charge is 2.35. The zero-order chi connectivity index (χ0) is 17.5. The largest absolute Gasteiger partial charge is 0.478 e. The number of carbonyl (C=O) groups excluding carboxylic acids is 1. The first-order chi connectivity index (χ1) is 11.2. The average Bonchev–Trinajstić information content (AvgIpc) is 2.84. The minimum absolute atomic E-state index is 0.0272. The van der Waals surface area contributed by atoms with E-state index in [4.69, 9.17) is 0 Å². The average molecular weight is 351 g/mol. The van der Waals surface area contributed by atoms with Crippen molar-refractivity contribution < 1.29 is 27.0 Å². The monoisotopic (exact) mass is 351 g/mol. The number of carbonyl (C=O) groups is 2. The number of amides is 1. The highest BCUT2D eigenvalue weighted by molar-refractivity contribution is 7.86. The van der Waals surface area contributed by atoms with Crippen LogP contribution in [-0.4, -0.2) is 37.7 Å². The molecule has 1 aliphatic rings. The lowest BCUT2D eigenvalue weighted by Crippen LogP contribution is -2.27. The smallest absolute Gasteiger partial charge is 0.337 e. The molecule has 1 amide bonds. The van der Waals surface area contributed by atoms with Crippen LogP contribution in [0.2, 0.25) is 0 Å². The number of nitrogens with zero attached hydrogens (tertiary/aromatic N) is 1. The Hall–Kier alpha value is -2.48. The van der Waals surface area contributed by atoms with Gasteiger partial charge in [-0.25, -0.2) is 4.79 Å². The summed E-state index contributed by atoms with van der Waals surface area (Å²) in [6.07, 6.45) is -0.130. The van der Waals surface area contributed by atoms with E-state index in [2.05, 4.69) is 0 Å². The molecule has 1 fully saturated rings. The lowest BCUT2D eigenvalue weighted by Gasteiger charge is -2.19. The molecule has 1 saturated heterocycles. The highest BCUT2D eigenvalue weighted by Crippen LogP contribution is 2.32. The van der Waals surface area contributed by atoms with E-state index in [1.807, 2.05) is 0 Å². The molecular formula is C16H14FNO5S. The van der Waals surface area contributed by atoms with Crippen molar-refractivity contribution in [3.63, 3.8) is 0 Å². The number of carboxylic acid groups (broad SMARTS) is 1. The first-order valence-electron chi connectivity index (χ1n) is 7.23. The van der Waals surface area contributed by atoms with Crippen LogP contribution in [0.3, 0.4) is 0 Å². The van der Waals surface area contributed by atoms with E-state index >= 15 is 0 Å². The van der Waals surface area contributed by atoms with Gasteiger partial charge < -0.3 is 10.0 Å². The van der Waals surface area contributed by atoms with Gasteiger partial charge in [-0.15, -0.1) is 3.89 Å². The molecule has 3 rings (SSSR count). The molecule has 126 valence electrons. The maximum atomic E-state index is 12.9. The molecule has 0 bridgehead atoms. The van der Waals surface area contributed by atoms with Gasteiger partial charge in [-0.2, -0.15) is 8.42 Å². The molecule has 1 aliphatic heterocycles. The molecule has 1 atom stereocenters. The summed E-state index contributed by atoms with van der Waals surface area (Å²) >= 11 is 0. The van der Waals surface area contributed by atoms with Crippen molar-refractivity contribution in [2.75, 3.05) is 17.2 Å². The number of rotatable bonds is 4. The minimum Gasteiger partial charge on any atom is -0.478 e. The van der Waals surface area contributed by atoms with E-state index in [9.17, 15) is 27.0 Å². The zero-order valence-electron chi connectivity index (χ0n) is 12.5. The second-order valence-electron chi connectivity index (χ2n) is 5.80. The highest BCUT2D eigenvalue weighted by atomic mass is 32.3. The van der Waals surface area contributed by atoms with Crippen LogP contribution in [0.5, 0.6) is 0 Å². The number of anilines is 1. The number of halogens is 1. The molecule has 1 N–H and O–H groups in total. The number of benzene rings is 2. The van der Waals surface area contributed by atoms with Crippen LogP contribution >= 0.6 is 0 Å². The third kappa shape index (κ3) is 3.23. The van der Waals surface area contributed by atoms with Gasteiger partial charge in [0.15, 0.2) is 0 Å². The Balaban J connectivity index is 2.03. The molecule has 1 heterocycles. The first-order valence-corrected chi connectivity index (χ1v) is 8.78. The summed E-state index contributed by atoms with van der Waals surface area (Å²) < 4.78 is 34.5. The lowest BCUT2D eigenvalue weighted by molar-refractivity contribution is -0.117.